The molecule has 178 valence electrons. The molecule has 0 saturated carbocycles. The zero-order valence-electron chi connectivity index (χ0n) is 19.2. The number of nitrogens with zero attached hydrogens (tertiary/aromatic N) is 1. The van der Waals surface area contributed by atoms with Gasteiger partial charge in [0.15, 0.2) is 5.60 Å². The largest absolute Gasteiger partial charge is 0.496 e. The lowest BCUT2D eigenvalue weighted by Crippen LogP contribution is -2.58. The summed E-state index contributed by atoms with van der Waals surface area (Å²) in [6.45, 7) is 6.16. The Kier molecular flexibility index (Phi) is 6.62. The number of hydrogen-bond acceptors (Lipinski definition) is 4. The van der Waals surface area contributed by atoms with Crippen molar-refractivity contribution in [2.24, 2.45) is 0 Å². The second-order valence-electron chi connectivity index (χ2n) is 9.02. The molecule has 4 nitrogen and oxygen atoms in total. The fourth-order valence-corrected chi connectivity index (χ4v) is 4.21. The highest BCUT2D eigenvalue weighted by molar-refractivity contribution is 5.91. The van der Waals surface area contributed by atoms with Crippen molar-refractivity contribution in [1.82, 2.24) is 4.98 Å². The number of benzene rings is 2. The number of pyridine rings is 1. The minimum atomic E-state index is -4.96. The van der Waals surface area contributed by atoms with Crippen LogP contribution in [-0.2, 0) is 5.41 Å². The van der Waals surface area contributed by atoms with Crippen LogP contribution in [0.25, 0.3) is 10.9 Å². The number of alkyl halides is 3. The molecule has 2 unspecified atom stereocenters. The molecule has 0 fully saturated rings. The van der Waals surface area contributed by atoms with Gasteiger partial charge in [0.05, 0.1) is 18.7 Å². The summed E-state index contributed by atoms with van der Waals surface area (Å²) >= 11 is 0. The van der Waals surface area contributed by atoms with Gasteiger partial charge in [-0.15, -0.1) is 0 Å². The molecular weight excluding hydrogens is 436 g/mol. The number of methoxy groups -OCH3 is 1. The highest BCUT2D eigenvalue weighted by Gasteiger charge is 2.59. The Morgan fingerprint density at radius 3 is 2.42 bits per heavy atom. The number of halogens is 4. The van der Waals surface area contributed by atoms with Gasteiger partial charge in [0.25, 0.3) is 0 Å². The molecule has 3 aromatic rings. The summed E-state index contributed by atoms with van der Waals surface area (Å²) in [6, 6.07) is 10.9. The molecule has 0 bridgehead atoms. The summed E-state index contributed by atoms with van der Waals surface area (Å²) in [4.78, 5) is 4.41. The Morgan fingerprint density at radius 2 is 1.79 bits per heavy atom. The third kappa shape index (κ3) is 4.90. The van der Waals surface area contributed by atoms with E-state index in [2.05, 4.69) is 10.3 Å². The average molecular weight is 465 g/mol. The van der Waals surface area contributed by atoms with E-state index >= 15 is 0 Å². The van der Waals surface area contributed by atoms with Gasteiger partial charge in [0.2, 0.25) is 0 Å². The van der Waals surface area contributed by atoms with Crippen LogP contribution < -0.4 is 10.1 Å². The molecule has 0 amide bonds. The van der Waals surface area contributed by atoms with E-state index in [1.165, 1.54) is 40.0 Å². The van der Waals surface area contributed by atoms with Gasteiger partial charge in [-0.3, -0.25) is 4.98 Å². The second kappa shape index (κ2) is 8.82. The van der Waals surface area contributed by atoms with Gasteiger partial charge in [-0.1, -0.05) is 19.9 Å². The molecule has 1 heterocycles. The fraction of sp³-hybridized carbons (Fsp3) is 0.400. The third-order valence-electron chi connectivity index (χ3n) is 6.05. The van der Waals surface area contributed by atoms with Crippen molar-refractivity contribution in [2.75, 3.05) is 12.4 Å². The first-order valence-electron chi connectivity index (χ1n) is 10.5. The number of nitrogens with one attached hydrogen (secondary N) is 1. The van der Waals surface area contributed by atoms with Gasteiger partial charge in [-0.25, -0.2) is 4.39 Å². The minimum absolute atomic E-state index is 0.240. The standard InChI is InChI=1S/C25H28F4N2O2/c1-15-9-11-18-20(30-15)7-6-8-21(18)31-16(2)24(32,25(27,28)29)14-23(3,4)19-13-17(26)10-12-22(19)33-5/h6-13,16,31-32H,14H2,1-5H3. The molecule has 33 heavy (non-hydrogen) atoms. The first-order chi connectivity index (χ1) is 15.3. The van der Waals surface area contributed by atoms with E-state index in [1.807, 2.05) is 6.92 Å². The van der Waals surface area contributed by atoms with Gasteiger partial charge in [-0.05, 0) is 68.1 Å². The smallest absolute Gasteiger partial charge is 0.419 e. The van der Waals surface area contributed by atoms with Gasteiger partial charge >= 0.3 is 6.18 Å². The van der Waals surface area contributed by atoms with Gasteiger partial charge < -0.3 is 15.2 Å². The maximum absolute atomic E-state index is 14.3. The average Bonchev–Trinajstić information content (AvgIpc) is 2.72. The van der Waals surface area contributed by atoms with Crippen LogP contribution in [0.15, 0.2) is 48.5 Å². The van der Waals surface area contributed by atoms with Crippen molar-refractivity contribution >= 4 is 16.6 Å². The second-order valence-corrected chi connectivity index (χ2v) is 9.02. The van der Waals surface area contributed by atoms with Crippen LogP contribution in [0.5, 0.6) is 5.75 Å². The number of aryl methyl sites for hydroxylation is 1. The lowest BCUT2D eigenvalue weighted by Gasteiger charge is -2.42. The van der Waals surface area contributed by atoms with Crippen LogP contribution in [0, 0.1) is 12.7 Å². The van der Waals surface area contributed by atoms with E-state index < -0.39 is 35.5 Å². The van der Waals surface area contributed by atoms with Crippen LogP contribution in [0.4, 0.5) is 23.2 Å². The predicted molar refractivity (Wildman–Crippen MR) is 121 cm³/mol. The van der Waals surface area contributed by atoms with Crippen LogP contribution in [0.2, 0.25) is 0 Å². The SMILES string of the molecule is COc1ccc(F)cc1C(C)(C)CC(O)(C(C)Nc1cccc2nc(C)ccc12)C(F)(F)F. The van der Waals surface area contributed by atoms with Crippen LogP contribution in [0.3, 0.4) is 0 Å². The lowest BCUT2D eigenvalue weighted by atomic mass is 9.72. The maximum atomic E-state index is 14.3. The van der Waals surface area contributed by atoms with Gasteiger partial charge in [-0.2, -0.15) is 13.2 Å². The maximum Gasteiger partial charge on any atom is 0.419 e. The highest BCUT2D eigenvalue weighted by atomic mass is 19.4. The van der Waals surface area contributed by atoms with Crippen molar-refractivity contribution in [3.05, 3.63) is 65.6 Å². The van der Waals surface area contributed by atoms with Crippen molar-refractivity contribution in [1.29, 1.82) is 0 Å². The summed E-state index contributed by atoms with van der Waals surface area (Å²) in [6.07, 6.45) is -5.68. The lowest BCUT2D eigenvalue weighted by molar-refractivity contribution is -0.270. The van der Waals surface area contributed by atoms with Gasteiger partial charge in [0.1, 0.15) is 11.6 Å². The number of hydrogen-bond donors (Lipinski definition) is 2. The molecule has 2 N–H and O–H groups in total. The van der Waals surface area contributed by atoms with Crippen LogP contribution in [-0.4, -0.2) is 35.0 Å². The Bertz CT molecular complexity index is 1150. The van der Waals surface area contributed by atoms with Crippen molar-refractivity contribution < 1.29 is 27.4 Å². The number of aromatic nitrogens is 1. The fourth-order valence-electron chi connectivity index (χ4n) is 4.21. The van der Waals surface area contributed by atoms with E-state index in [0.29, 0.717) is 16.6 Å². The Balaban J connectivity index is 2.01. The van der Waals surface area contributed by atoms with Crippen molar-refractivity contribution in [3.8, 4) is 5.75 Å². The number of anilines is 1. The predicted octanol–water partition coefficient (Wildman–Crippen LogP) is 6.15. The summed E-state index contributed by atoms with van der Waals surface area (Å²) in [5.41, 5.74) is -2.32. The summed E-state index contributed by atoms with van der Waals surface area (Å²) in [7, 11) is 1.36. The molecule has 0 aliphatic carbocycles. The zero-order chi connectivity index (χ0) is 24.6. The molecule has 0 spiro atoms. The number of aliphatic hydroxyl groups is 1. The Labute approximate surface area is 190 Å². The Morgan fingerprint density at radius 1 is 1.09 bits per heavy atom. The molecule has 0 aliphatic heterocycles. The van der Waals surface area contributed by atoms with Crippen LogP contribution >= 0.6 is 0 Å². The topological polar surface area (TPSA) is 54.4 Å². The monoisotopic (exact) mass is 464 g/mol. The third-order valence-corrected chi connectivity index (χ3v) is 6.05. The summed E-state index contributed by atoms with van der Waals surface area (Å²) < 4.78 is 62.2. The zero-order valence-corrected chi connectivity index (χ0v) is 19.2. The first kappa shape index (κ1) is 24.8. The van der Waals surface area contributed by atoms with Crippen LogP contribution in [0.1, 0.15) is 38.4 Å². The van der Waals surface area contributed by atoms with E-state index in [-0.39, 0.29) is 11.3 Å². The van der Waals surface area contributed by atoms with E-state index in [9.17, 15) is 22.7 Å². The molecule has 3 rings (SSSR count). The molecular formula is C25H28F4N2O2. The summed E-state index contributed by atoms with van der Waals surface area (Å²) in [5, 5.41) is 14.6. The number of ether oxygens (including phenoxy) is 1. The highest BCUT2D eigenvalue weighted by Crippen LogP contribution is 2.46. The number of rotatable bonds is 7. The van der Waals surface area contributed by atoms with Crippen molar-refractivity contribution in [2.45, 2.75) is 57.3 Å². The first-order valence-corrected chi connectivity index (χ1v) is 10.5. The molecule has 0 aliphatic rings. The molecule has 2 atom stereocenters. The molecule has 0 saturated heterocycles. The van der Waals surface area contributed by atoms with Gasteiger partial charge in [0, 0.05) is 22.3 Å². The molecule has 1 aromatic heterocycles. The van der Waals surface area contributed by atoms with E-state index in [0.717, 1.165) is 11.8 Å². The summed E-state index contributed by atoms with van der Waals surface area (Å²) in [5.74, 6) is -0.346. The molecule has 0 radical (unpaired) electrons. The van der Waals surface area contributed by atoms with Crippen molar-refractivity contribution in [3.63, 3.8) is 0 Å². The molecule has 8 heteroatoms. The Hall–Kier alpha value is -2.87. The van der Waals surface area contributed by atoms with E-state index in [4.69, 9.17) is 4.74 Å². The van der Waals surface area contributed by atoms with E-state index in [1.54, 1.807) is 30.3 Å². The normalized spacial score (nSPS) is 15.2. The molecule has 2 aromatic carbocycles. The quantitative estimate of drug-likeness (QED) is 0.412. The minimum Gasteiger partial charge on any atom is -0.496 e. The number of fused-ring (bicyclic) bond motifs is 1.